The van der Waals surface area contributed by atoms with Gasteiger partial charge in [0.2, 0.25) is 0 Å². The Morgan fingerprint density at radius 3 is 2.56 bits per heavy atom. The molecule has 3 aromatic rings. The maximum atomic E-state index is 13.2. The first kappa shape index (κ1) is 22.6. The molecule has 1 N–H and O–H groups in total. The Bertz CT molecular complexity index is 1120. The highest BCUT2D eigenvalue weighted by Gasteiger charge is 2.47. The summed E-state index contributed by atoms with van der Waals surface area (Å²) in [5.41, 5.74) is 1.50. The molecule has 178 valence electrons. The first-order chi connectivity index (χ1) is 16.5. The number of likely N-dealkylation sites (tertiary alicyclic amines) is 1. The number of amides is 1. The van der Waals surface area contributed by atoms with Crippen molar-refractivity contribution in [2.75, 3.05) is 20.2 Å². The van der Waals surface area contributed by atoms with E-state index in [0.717, 1.165) is 55.2 Å². The van der Waals surface area contributed by atoms with Crippen LogP contribution in [0.25, 0.3) is 0 Å². The minimum absolute atomic E-state index is 0.122. The number of piperidine rings is 1. The van der Waals surface area contributed by atoms with Gasteiger partial charge in [0.15, 0.2) is 6.10 Å². The predicted octanol–water partition coefficient (Wildman–Crippen LogP) is 3.24. The summed E-state index contributed by atoms with van der Waals surface area (Å²) >= 11 is 0. The average molecular weight is 465 g/mol. The van der Waals surface area contributed by atoms with E-state index in [1.54, 1.807) is 13.3 Å². The third-order valence-corrected chi connectivity index (χ3v) is 6.75. The smallest absolute Gasteiger partial charge is 0.251 e. The SMILES string of the molecule is COc1ccc(CNC(=O)C2Cn3ccnc3C3(CCN(Cc4ccc(F)cc4)CC3)O2)cc1. The summed E-state index contributed by atoms with van der Waals surface area (Å²) in [6, 6.07) is 14.3. The van der Waals surface area contributed by atoms with Gasteiger partial charge in [-0.3, -0.25) is 9.69 Å². The Hall–Kier alpha value is -3.23. The Morgan fingerprint density at radius 2 is 1.85 bits per heavy atom. The van der Waals surface area contributed by atoms with Gasteiger partial charge >= 0.3 is 0 Å². The molecule has 2 aliphatic rings. The van der Waals surface area contributed by atoms with E-state index in [4.69, 9.17) is 9.47 Å². The van der Waals surface area contributed by atoms with Crippen molar-refractivity contribution >= 4 is 5.91 Å². The number of benzene rings is 2. The van der Waals surface area contributed by atoms with Crippen molar-refractivity contribution in [3.05, 3.63) is 83.7 Å². The molecule has 7 nitrogen and oxygen atoms in total. The van der Waals surface area contributed by atoms with Crippen LogP contribution in [0.5, 0.6) is 5.75 Å². The number of aromatic nitrogens is 2. The molecule has 0 radical (unpaired) electrons. The molecule has 0 aliphatic carbocycles. The summed E-state index contributed by atoms with van der Waals surface area (Å²) in [6.07, 6.45) is 4.61. The van der Waals surface area contributed by atoms with Crippen molar-refractivity contribution in [2.24, 2.45) is 0 Å². The molecule has 0 saturated carbocycles. The summed E-state index contributed by atoms with van der Waals surface area (Å²) in [4.78, 5) is 20.0. The molecule has 0 bridgehead atoms. The zero-order chi connectivity index (χ0) is 23.5. The molecule has 1 fully saturated rings. The second-order valence-corrected chi connectivity index (χ2v) is 8.97. The molecular formula is C26H29FN4O3. The maximum Gasteiger partial charge on any atom is 0.251 e. The van der Waals surface area contributed by atoms with Crippen molar-refractivity contribution in [1.82, 2.24) is 19.8 Å². The first-order valence-corrected chi connectivity index (χ1v) is 11.6. The quantitative estimate of drug-likeness (QED) is 0.607. The molecule has 1 aromatic heterocycles. The van der Waals surface area contributed by atoms with E-state index in [-0.39, 0.29) is 11.7 Å². The Morgan fingerprint density at radius 1 is 1.15 bits per heavy atom. The number of rotatable bonds is 6. The summed E-state index contributed by atoms with van der Waals surface area (Å²) < 4.78 is 27.0. The summed E-state index contributed by atoms with van der Waals surface area (Å²) in [5, 5.41) is 3.02. The van der Waals surface area contributed by atoms with Crippen LogP contribution >= 0.6 is 0 Å². The van der Waals surface area contributed by atoms with Crippen LogP contribution in [0, 0.1) is 5.82 Å². The van der Waals surface area contributed by atoms with Crippen molar-refractivity contribution in [1.29, 1.82) is 0 Å². The second-order valence-electron chi connectivity index (χ2n) is 8.97. The molecule has 1 atom stereocenters. The lowest BCUT2D eigenvalue weighted by Crippen LogP contribution is -2.53. The third-order valence-electron chi connectivity index (χ3n) is 6.75. The van der Waals surface area contributed by atoms with Crippen LogP contribution in [0.3, 0.4) is 0 Å². The van der Waals surface area contributed by atoms with Gasteiger partial charge in [0.25, 0.3) is 5.91 Å². The van der Waals surface area contributed by atoms with Gasteiger partial charge in [-0.2, -0.15) is 0 Å². The number of fused-ring (bicyclic) bond motifs is 2. The Labute approximate surface area is 198 Å². The Kier molecular flexibility index (Phi) is 6.34. The number of halogens is 1. The highest BCUT2D eigenvalue weighted by Crippen LogP contribution is 2.40. The molecule has 3 heterocycles. The molecule has 34 heavy (non-hydrogen) atoms. The van der Waals surface area contributed by atoms with Gasteiger partial charge in [-0.05, 0) is 48.2 Å². The zero-order valence-electron chi connectivity index (χ0n) is 19.2. The molecule has 1 amide bonds. The van der Waals surface area contributed by atoms with Crippen LogP contribution in [0.2, 0.25) is 0 Å². The number of imidazole rings is 1. The van der Waals surface area contributed by atoms with Crippen molar-refractivity contribution in [2.45, 2.75) is 44.2 Å². The monoisotopic (exact) mass is 464 g/mol. The Balaban J connectivity index is 1.23. The van der Waals surface area contributed by atoms with E-state index in [1.165, 1.54) is 12.1 Å². The molecule has 1 saturated heterocycles. The summed E-state index contributed by atoms with van der Waals surface area (Å²) in [6.45, 7) is 3.26. The normalized spacial score (nSPS) is 19.5. The van der Waals surface area contributed by atoms with Crippen molar-refractivity contribution in [3.8, 4) is 5.75 Å². The topological polar surface area (TPSA) is 68.6 Å². The number of carbonyl (C=O) groups excluding carboxylic acids is 1. The van der Waals surface area contributed by atoms with Gasteiger partial charge in [-0.1, -0.05) is 24.3 Å². The van der Waals surface area contributed by atoms with Crippen LogP contribution < -0.4 is 10.1 Å². The first-order valence-electron chi connectivity index (χ1n) is 11.6. The highest BCUT2D eigenvalue weighted by molar-refractivity contribution is 5.81. The third kappa shape index (κ3) is 4.69. The van der Waals surface area contributed by atoms with E-state index in [2.05, 4.69) is 19.8 Å². The molecule has 8 heteroatoms. The number of hydrogen-bond donors (Lipinski definition) is 1. The lowest BCUT2D eigenvalue weighted by molar-refractivity contribution is -0.174. The number of nitrogens with one attached hydrogen (secondary N) is 1. The fraction of sp³-hybridized carbons (Fsp3) is 0.385. The number of ether oxygens (including phenoxy) is 2. The van der Waals surface area contributed by atoms with E-state index in [1.807, 2.05) is 42.6 Å². The van der Waals surface area contributed by atoms with Gasteiger partial charge in [0.05, 0.1) is 13.7 Å². The lowest BCUT2D eigenvalue weighted by atomic mass is 9.88. The van der Waals surface area contributed by atoms with Gasteiger partial charge < -0.3 is 19.4 Å². The maximum absolute atomic E-state index is 13.2. The zero-order valence-corrected chi connectivity index (χ0v) is 19.2. The minimum Gasteiger partial charge on any atom is -0.497 e. The van der Waals surface area contributed by atoms with E-state index < -0.39 is 11.7 Å². The average Bonchev–Trinajstić information content (AvgIpc) is 3.35. The summed E-state index contributed by atoms with van der Waals surface area (Å²) in [7, 11) is 1.63. The minimum atomic E-state index is -0.580. The van der Waals surface area contributed by atoms with Gasteiger partial charge in [-0.15, -0.1) is 0 Å². The van der Waals surface area contributed by atoms with E-state index in [0.29, 0.717) is 13.1 Å². The van der Waals surface area contributed by atoms with Crippen molar-refractivity contribution < 1.29 is 18.7 Å². The molecule has 1 spiro atoms. The largest absolute Gasteiger partial charge is 0.497 e. The number of carbonyl (C=O) groups is 1. The molecule has 2 aromatic carbocycles. The second kappa shape index (κ2) is 9.56. The molecule has 2 aliphatic heterocycles. The van der Waals surface area contributed by atoms with E-state index in [9.17, 15) is 9.18 Å². The van der Waals surface area contributed by atoms with E-state index >= 15 is 0 Å². The summed E-state index contributed by atoms with van der Waals surface area (Å²) in [5.74, 6) is 1.34. The van der Waals surface area contributed by atoms with Gasteiger partial charge in [0, 0.05) is 38.6 Å². The van der Waals surface area contributed by atoms with Crippen LogP contribution in [0.4, 0.5) is 4.39 Å². The van der Waals surface area contributed by atoms with Crippen molar-refractivity contribution in [3.63, 3.8) is 0 Å². The van der Waals surface area contributed by atoms with Crippen LogP contribution in [-0.4, -0.2) is 46.7 Å². The number of methoxy groups -OCH3 is 1. The standard InChI is InChI=1S/C26H29FN4O3/c1-33-22-8-4-19(5-9-22)16-29-24(32)23-18-31-15-12-28-25(31)26(34-23)10-13-30(14-11-26)17-20-2-6-21(27)7-3-20/h2-9,12,15,23H,10-11,13-14,16-18H2,1H3,(H,29,32). The number of hydrogen-bond acceptors (Lipinski definition) is 5. The molecule has 1 unspecified atom stereocenters. The highest BCUT2D eigenvalue weighted by atomic mass is 19.1. The lowest BCUT2D eigenvalue weighted by Gasteiger charge is -2.45. The van der Waals surface area contributed by atoms with Gasteiger partial charge in [0.1, 0.15) is 23.0 Å². The fourth-order valence-corrected chi connectivity index (χ4v) is 4.84. The van der Waals surface area contributed by atoms with Crippen LogP contribution in [-0.2, 0) is 34.8 Å². The molecule has 5 rings (SSSR count). The molecular weight excluding hydrogens is 435 g/mol. The van der Waals surface area contributed by atoms with Gasteiger partial charge in [-0.25, -0.2) is 9.37 Å². The van der Waals surface area contributed by atoms with Crippen LogP contribution in [0.15, 0.2) is 60.9 Å². The van der Waals surface area contributed by atoms with Crippen LogP contribution in [0.1, 0.15) is 29.8 Å². The fourth-order valence-electron chi connectivity index (χ4n) is 4.84. The number of nitrogens with zero attached hydrogens (tertiary/aromatic N) is 3. The predicted molar refractivity (Wildman–Crippen MR) is 125 cm³/mol.